The maximum absolute atomic E-state index is 7.18. The zero-order valence-electron chi connectivity index (χ0n) is 1.84. The summed E-state index contributed by atoms with van der Waals surface area (Å²) in [5.74, 6) is 0. The molecule has 3 heteroatoms. The van der Waals surface area contributed by atoms with Crippen molar-refractivity contribution in [3.05, 3.63) is 0 Å². The third-order valence-corrected chi connectivity index (χ3v) is 0. The Bertz CT molecular complexity index is 29.5. The van der Waals surface area contributed by atoms with Crippen molar-refractivity contribution in [2.75, 3.05) is 0 Å². The number of thiol groups is 1. The Morgan fingerprint density at radius 1 is 1.75 bits per heavy atom. The van der Waals surface area contributed by atoms with Crippen LogP contribution in [-0.4, -0.2) is 24.4 Å². The van der Waals surface area contributed by atoms with Crippen molar-refractivity contribution in [3.63, 3.8) is 0 Å². The predicted molar refractivity (Wildman–Crippen MR) is 20.4 cm³/mol. The smallest absolute Gasteiger partial charge is 0.130 e. The Morgan fingerprint density at radius 3 is 1.75 bits per heavy atom. The average molecular weight is 181 g/mol. The molecule has 0 aromatic carbocycles. The first kappa shape index (κ1) is 8.82. The largest absolute Gasteiger partial charge is 0.185 e. The molecule has 0 aromatic heterocycles. The van der Waals surface area contributed by atoms with Gasteiger partial charge in [-0.1, -0.05) is 12.6 Å². The molecule has 0 N–H and O–H groups in total. The van der Waals surface area contributed by atoms with E-state index >= 15 is 0 Å². The van der Waals surface area contributed by atoms with Crippen molar-refractivity contribution < 1.29 is 0 Å². The van der Waals surface area contributed by atoms with Crippen LogP contribution in [0.25, 0.3) is 0 Å². The zero-order chi connectivity index (χ0) is 2.71. The molecule has 0 aromatic rings. The van der Waals surface area contributed by atoms with Gasteiger partial charge in [0.2, 0.25) is 0 Å². The number of rotatable bonds is 0. The molecular formula is CHNSSb. The summed E-state index contributed by atoms with van der Waals surface area (Å²) in [6.07, 6.45) is 0. The van der Waals surface area contributed by atoms with Gasteiger partial charge in [0.15, 0.2) is 0 Å². The standard InChI is InChI=1S/CHNS.Sb/c2-1-3;/h3H;. The van der Waals surface area contributed by atoms with E-state index < -0.39 is 0 Å². The molecule has 0 amide bonds. The van der Waals surface area contributed by atoms with E-state index in [0.29, 0.717) is 0 Å². The molecule has 0 unspecified atom stereocenters. The fourth-order valence-corrected chi connectivity index (χ4v) is 0. The third-order valence-electron chi connectivity index (χ3n) is 0. The van der Waals surface area contributed by atoms with Gasteiger partial charge in [0.25, 0.3) is 0 Å². The van der Waals surface area contributed by atoms with Gasteiger partial charge in [-0.2, -0.15) is 5.26 Å². The molecule has 0 saturated carbocycles. The van der Waals surface area contributed by atoms with E-state index in [1.165, 1.54) is 5.40 Å². The van der Waals surface area contributed by atoms with Crippen LogP contribution in [0.3, 0.4) is 0 Å². The Labute approximate surface area is 47.9 Å². The van der Waals surface area contributed by atoms with Crippen LogP contribution in [0.2, 0.25) is 0 Å². The maximum atomic E-state index is 7.18. The molecule has 0 fully saturated rings. The van der Waals surface area contributed by atoms with Crippen LogP contribution >= 0.6 is 12.6 Å². The van der Waals surface area contributed by atoms with Gasteiger partial charge in [-0.05, 0) is 0 Å². The van der Waals surface area contributed by atoms with Crippen LogP contribution in [0.5, 0.6) is 0 Å². The van der Waals surface area contributed by atoms with Gasteiger partial charge < -0.3 is 0 Å². The second-order valence-electron chi connectivity index (χ2n) is 0.100. The summed E-state index contributed by atoms with van der Waals surface area (Å²) >= 11 is 3.09. The van der Waals surface area contributed by atoms with Crippen LogP contribution in [0.1, 0.15) is 0 Å². The fourth-order valence-electron chi connectivity index (χ4n) is 0. The van der Waals surface area contributed by atoms with Crippen molar-refractivity contribution in [3.8, 4) is 5.40 Å². The van der Waals surface area contributed by atoms with E-state index in [-0.39, 0.29) is 24.4 Å². The maximum Gasteiger partial charge on any atom is 0.130 e. The van der Waals surface area contributed by atoms with Crippen LogP contribution in [0.15, 0.2) is 0 Å². The molecule has 0 saturated heterocycles. The van der Waals surface area contributed by atoms with E-state index in [4.69, 9.17) is 5.26 Å². The molecular weight excluding hydrogens is 180 g/mol. The predicted octanol–water partition coefficient (Wildman–Crippen LogP) is 0.0165. The molecule has 0 aliphatic heterocycles. The van der Waals surface area contributed by atoms with Gasteiger partial charge in [0.1, 0.15) is 5.40 Å². The number of hydrogen-bond donors (Lipinski definition) is 1. The third kappa shape index (κ3) is 16.9. The Balaban J connectivity index is 0. The first-order valence-electron chi connectivity index (χ1n) is 0.447. The van der Waals surface area contributed by atoms with Gasteiger partial charge in [-0.15, -0.1) is 0 Å². The molecule has 4 heavy (non-hydrogen) atoms. The van der Waals surface area contributed by atoms with Gasteiger partial charge >= 0.3 is 0 Å². The summed E-state index contributed by atoms with van der Waals surface area (Å²) in [7, 11) is 0. The first-order valence-corrected chi connectivity index (χ1v) is 0.894. The van der Waals surface area contributed by atoms with E-state index in [9.17, 15) is 0 Å². The van der Waals surface area contributed by atoms with Gasteiger partial charge in [-0.3, -0.25) is 0 Å². The molecule has 1 nitrogen and oxygen atoms in total. The van der Waals surface area contributed by atoms with Crippen molar-refractivity contribution in [1.82, 2.24) is 0 Å². The van der Waals surface area contributed by atoms with Gasteiger partial charge in [0, 0.05) is 24.4 Å². The summed E-state index contributed by atoms with van der Waals surface area (Å²) in [4.78, 5) is 0. The summed E-state index contributed by atoms with van der Waals surface area (Å²) in [6, 6.07) is 0. The molecule has 0 aliphatic rings. The second kappa shape index (κ2) is 9.40. The molecule has 0 rings (SSSR count). The molecule has 3 radical (unpaired) electrons. The average Bonchev–Trinajstić information content (AvgIpc) is 0.918. The number of nitrogens with zero attached hydrogens (tertiary/aromatic N) is 1. The molecule has 21 valence electrons. The van der Waals surface area contributed by atoms with Crippen LogP contribution in [0, 0.1) is 10.7 Å². The van der Waals surface area contributed by atoms with E-state index in [0.717, 1.165) is 0 Å². The Hall–Kier alpha value is 0.658. The minimum Gasteiger partial charge on any atom is -0.185 e. The second-order valence-corrected chi connectivity index (χ2v) is 0.300. The fraction of sp³-hybridized carbons (Fsp3) is 0. The van der Waals surface area contributed by atoms with Gasteiger partial charge in [0.05, 0.1) is 0 Å². The molecule has 0 heterocycles. The van der Waals surface area contributed by atoms with Crippen molar-refractivity contribution in [2.24, 2.45) is 0 Å². The van der Waals surface area contributed by atoms with Crippen molar-refractivity contribution in [1.29, 1.82) is 5.26 Å². The van der Waals surface area contributed by atoms with Crippen LogP contribution < -0.4 is 0 Å². The summed E-state index contributed by atoms with van der Waals surface area (Å²) < 4.78 is 0. The molecule has 0 atom stereocenters. The van der Waals surface area contributed by atoms with Crippen molar-refractivity contribution in [2.45, 2.75) is 0 Å². The van der Waals surface area contributed by atoms with E-state index in [2.05, 4.69) is 12.6 Å². The molecule has 0 aliphatic carbocycles. The zero-order valence-corrected chi connectivity index (χ0v) is 5.29. The summed E-state index contributed by atoms with van der Waals surface area (Å²) in [5.41, 5.74) is 0. The molecule has 0 bridgehead atoms. The number of thiocyanates is 1. The summed E-state index contributed by atoms with van der Waals surface area (Å²) in [5, 5.41) is 8.63. The number of hydrogen-bond acceptors (Lipinski definition) is 2. The topological polar surface area (TPSA) is 23.8 Å². The van der Waals surface area contributed by atoms with Crippen LogP contribution in [0.4, 0.5) is 0 Å². The number of nitriles is 1. The minimum atomic E-state index is 0. The van der Waals surface area contributed by atoms with E-state index in [1.54, 1.807) is 0 Å². The SMILES string of the molecule is N#CS.[Sb]. The Kier molecular flexibility index (Phi) is 20.7. The molecule has 0 spiro atoms. The summed E-state index contributed by atoms with van der Waals surface area (Å²) in [6.45, 7) is 0. The monoisotopic (exact) mass is 180 g/mol. The normalized spacial score (nSPS) is 2.00. The van der Waals surface area contributed by atoms with Gasteiger partial charge in [-0.25, -0.2) is 0 Å². The Morgan fingerprint density at radius 2 is 1.75 bits per heavy atom. The van der Waals surface area contributed by atoms with E-state index in [1.807, 2.05) is 0 Å². The first-order chi connectivity index (χ1) is 1.41. The van der Waals surface area contributed by atoms with Crippen LogP contribution in [-0.2, 0) is 0 Å². The quantitative estimate of drug-likeness (QED) is 0.317. The minimum absolute atomic E-state index is 0. The van der Waals surface area contributed by atoms with Crippen molar-refractivity contribution >= 4 is 37.1 Å².